The minimum atomic E-state index is -0.556. The lowest BCUT2D eigenvalue weighted by atomic mass is 9.98. The number of esters is 1. The molecule has 0 saturated heterocycles. The average Bonchev–Trinajstić information content (AvgIpc) is 2.84. The van der Waals surface area contributed by atoms with Crippen molar-refractivity contribution >= 4 is 39.6 Å². The molecule has 37 heavy (non-hydrogen) atoms. The van der Waals surface area contributed by atoms with Crippen LogP contribution in [0.25, 0.3) is 6.08 Å². The highest BCUT2D eigenvalue weighted by molar-refractivity contribution is 9.10. The van der Waals surface area contributed by atoms with Crippen molar-refractivity contribution in [3.8, 4) is 11.8 Å². The molecule has 0 aliphatic heterocycles. The maximum Gasteiger partial charge on any atom is 0.338 e. The van der Waals surface area contributed by atoms with Crippen molar-refractivity contribution in [3.05, 3.63) is 98.0 Å². The zero-order chi connectivity index (χ0) is 26.9. The summed E-state index contributed by atoms with van der Waals surface area (Å²) in [5.74, 6) is -0.302. The Bertz CT molecular complexity index is 1350. The summed E-state index contributed by atoms with van der Waals surface area (Å²) in [5.41, 5.74) is 5.99. The van der Waals surface area contributed by atoms with Gasteiger partial charge >= 0.3 is 5.97 Å². The van der Waals surface area contributed by atoms with Crippen LogP contribution in [0, 0.1) is 25.2 Å². The molecule has 0 spiro atoms. The molecule has 1 N–H and O–H groups in total. The van der Waals surface area contributed by atoms with Crippen molar-refractivity contribution in [2.75, 3.05) is 18.5 Å². The molecule has 0 aromatic heterocycles. The molecule has 0 unspecified atom stereocenters. The molecular weight excluding hydrogens is 532 g/mol. The minimum absolute atomic E-state index is 0.0640. The fraction of sp³-hybridized carbons (Fsp3) is 0.233. The number of anilines is 1. The van der Waals surface area contributed by atoms with E-state index in [9.17, 15) is 14.9 Å². The first-order valence-electron chi connectivity index (χ1n) is 12.0. The van der Waals surface area contributed by atoms with Gasteiger partial charge in [0.2, 0.25) is 0 Å². The molecule has 3 rings (SSSR count). The van der Waals surface area contributed by atoms with Crippen LogP contribution in [0.2, 0.25) is 0 Å². The van der Waals surface area contributed by atoms with Gasteiger partial charge in [-0.3, -0.25) is 4.79 Å². The largest absolute Gasteiger partial charge is 0.494 e. The second-order valence-electron chi connectivity index (χ2n) is 8.51. The average molecular weight is 561 g/mol. The van der Waals surface area contributed by atoms with Gasteiger partial charge in [-0.15, -0.1) is 0 Å². The van der Waals surface area contributed by atoms with E-state index < -0.39 is 11.9 Å². The first-order chi connectivity index (χ1) is 17.7. The van der Waals surface area contributed by atoms with Crippen LogP contribution in [-0.2, 0) is 16.0 Å². The number of carbonyl (C=O) groups is 2. The van der Waals surface area contributed by atoms with Gasteiger partial charge in [0.05, 0.1) is 18.8 Å². The van der Waals surface area contributed by atoms with Crippen LogP contribution in [0.4, 0.5) is 5.69 Å². The lowest BCUT2D eigenvalue weighted by Gasteiger charge is -2.15. The van der Waals surface area contributed by atoms with Gasteiger partial charge in [-0.05, 0) is 81.3 Å². The first-order valence-corrected chi connectivity index (χ1v) is 12.8. The number of nitriles is 1. The minimum Gasteiger partial charge on any atom is -0.494 e. The summed E-state index contributed by atoms with van der Waals surface area (Å²) in [6.07, 6.45) is 2.20. The van der Waals surface area contributed by atoms with Crippen LogP contribution in [-0.4, -0.2) is 25.1 Å². The third-order valence-corrected chi connectivity index (χ3v) is 6.18. The SMILES string of the molecule is CCOC(=O)c1ccc(NC(=O)/C(C#N)=C/c2cc(Br)c(Cc3cc(C)cc(C)c3)c(OCC)c2)cc1. The highest BCUT2D eigenvalue weighted by atomic mass is 79.9. The Kier molecular flexibility index (Phi) is 9.64. The van der Waals surface area contributed by atoms with Crippen molar-refractivity contribution in [1.82, 2.24) is 0 Å². The third kappa shape index (κ3) is 7.55. The van der Waals surface area contributed by atoms with Crippen LogP contribution in [0.3, 0.4) is 0 Å². The molecule has 0 atom stereocenters. The second-order valence-corrected chi connectivity index (χ2v) is 9.36. The van der Waals surface area contributed by atoms with Crippen molar-refractivity contribution in [2.24, 2.45) is 0 Å². The van der Waals surface area contributed by atoms with E-state index in [4.69, 9.17) is 9.47 Å². The van der Waals surface area contributed by atoms with Gasteiger partial charge in [0, 0.05) is 22.1 Å². The van der Waals surface area contributed by atoms with E-state index in [-0.39, 0.29) is 12.2 Å². The molecule has 6 nitrogen and oxygen atoms in total. The lowest BCUT2D eigenvalue weighted by molar-refractivity contribution is -0.112. The van der Waals surface area contributed by atoms with Gasteiger partial charge in [-0.2, -0.15) is 5.26 Å². The van der Waals surface area contributed by atoms with E-state index in [1.807, 2.05) is 25.1 Å². The fourth-order valence-electron chi connectivity index (χ4n) is 3.96. The molecule has 3 aromatic carbocycles. The zero-order valence-corrected chi connectivity index (χ0v) is 22.9. The van der Waals surface area contributed by atoms with E-state index >= 15 is 0 Å². The van der Waals surface area contributed by atoms with Crippen LogP contribution in [0.1, 0.15) is 52.0 Å². The molecule has 190 valence electrons. The number of hydrogen-bond acceptors (Lipinski definition) is 5. The number of halogens is 1. The predicted molar refractivity (Wildman–Crippen MR) is 149 cm³/mol. The van der Waals surface area contributed by atoms with Gasteiger partial charge in [-0.25, -0.2) is 4.79 Å². The molecule has 1 amide bonds. The molecule has 0 aliphatic rings. The molecule has 0 bridgehead atoms. The molecule has 7 heteroatoms. The van der Waals surface area contributed by atoms with E-state index in [0.29, 0.717) is 35.6 Å². The van der Waals surface area contributed by atoms with Gasteiger partial charge in [-0.1, -0.05) is 45.3 Å². The Morgan fingerprint density at radius 3 is 2.27 bits per heavy atom. The number of rotatable bonds is 9. The fourth-order valence-corrected chi connectivity index (χ4v) is 4.56. The van der Waals surface area contributed by atoms with Gasteiger partial charge < -0.3 is 14.8 Å². The number of carbonyl (C=O) groups excluding carboxylic acids is 2. The summed E-state index contributed by atoms with van der Waals surface area (Å²) < 4.78 is 11.7. The van der Waals surface area contributed by atoms with Crippen LogP contribution >= 0.6 is 15.9 Å². The number of aryl methyl sites for hydroxylation is 2. The number of nitrogens with zero attached hydrogens (tertiary/aromatic N) is 1. The second kappa shape index (κ2) is 12.9. The normalized spacial score (nSPS) is 11.0. The van der Waals surface area contributed by atoms with Crippen molar-refractivity contribution in [2.45, 2.75) is 34.1 Å². The number of amides is 1. The smallest absolute Gasteiger partial charge is 0.338 e. The van der Waals surface area contributed by atoms with Gasteiger partial charge in [0.25, 0.3) is 5.91 Å². The summed E-state index contributed by atoms with van der Waals surface area (Å²) >= 11 is 3.66. The van der Waals surface area contributed by atoms with Crippen molar-refractivity contribution < 1.29 is 19.1 Å². The lowest BCUT2D eigenvalue weighted by Crippen LogP contribution is -2.13. The number of hydrogen-bond donors (Lipinski definition) is 1. The summed E-state index contributed by atoms with van der Waals surface area (Å²) in [6.45, 7) is 8.56. The van der Waals surface area contributed by atoms with Crippen molar-refractivity contribution in [3.63, 3.8) is 0 Å². The van der Waals surface area contributed by atoms with Crippen LogP contribution < -0.4 is 10.1 Å². The molecule has 0 saturated carbocycles. The molecule has 0 radical (unpaired) electrons. The van der Waals surface area contributed by atoms with Crippen LogP contribution in [0.5, 0.6) is 5.75 Å². The van der Waals surface area contributed by atoms with Crippen LogP contribution in [0.15, 0.2) is 64.6 Å². The Hall–Kier alpha value is -3.89. The Balaban J connectivity index is 1.85. The molecular formula is C30H29BrN2O4. The molecule has 0 fully saturated rings. The van der Waals surface area contributed by atoms with E-state index in [0.717, 1.165) is 10.0 Å². The monoisotopic (exact) mass is 560 g/mol. The standard InChI is InChI=1S/C30H29BrN2O4/c1-5-36-28-17-22(16-27(31)26(28)15-21-12-19(3)11-20(4)13-21)14-24(18-32)29(34)33-25-9-7-23(8-10-25)30(35)37-6-2/h7-14,16-17H,5-6,15H2,1-4H3,(H,33,34)/b24-14+. The molecule has 0 heterocycles. The molecule has 0 aliphatic carbocycles. The Labute approximate surface area is 226 Å². The Morgan fingerprint density at radius 2 is 1.68 bits per heavy atom. The Morgan fingerprint density at radius 1 is 1.00 bits per heavy atom. The number of benzene rings is 3. The number of ether oxygens (including phenoxy) is 2. The predicted octanol–water partition coefficient (Wildman–Crippen LogP) is 6.78. The maximum atomic E-state index is 12.8. The summed E-state index contributed by atoms with van der Waals surface area (Å²) in [5, 5.41) is 12.4. The third-order valence-electron chi connectivity index (χ3n) is 5.47. The summed E-state index contributed by atoms with van der Waals surface area (Å²) in [6, 6.07) is 18.4. The van der Waals surface area contributed by atoms with Gasteiger partial charge in [0.1, 0.15) is 17.4 Å². The summed E-state index contributed by atoms with van der Waals surface area (Å²) in [7, 11) is 0. The van der Waals surface area contributed by atoms with Gasteiger partial charge in [0.15, 0.2) is 0 Å². The summed E-state index contributed by atoms with van der Waals surface area (Å²) in [4.78, 5) is 24.6. The van der Waals surface area contributed by atoms with E-state index in [1.165, 1.54) is 22.8 Å². The van der Waals surface area contributed by atoms with E-state index in [2.05, 4.69) is 53.3 Å². The quantitative estimate of drug-likeness (QED) is 0.177. The van der Waals surface area contributed by atoms with Crippen molar-refractivity contribution in [1.29, 1.82) is 5.26 Å². The highest BCUT2D eigenvalue weighted by Gasteiger charge is 2.15. The zero-order valence-electron chi connectivity index (χ0n) is 21.4. The maximum absolute atomic E-state index is 12.8. The highest BCUT2D eigenvalue weighted by Crippen LogP contribution is 2.33. The number of nitrogens with one attached hydrogen (secondary N) is 1. The first kappa shape index (κ1) is 27.7. The topological polar surface area (TPSA) is 88.4 Å². The molecule has 3 aromatic rings. The van der Waals surface area contributed by atoms with E-state index in [1.54, 1.807) is 31.2 Å².